The summed E-state index contributed by atoms with van der Waals surface area (Å²) in [5.74, 6) is 0.926. The number of hydrogen-bond donors (Lipinski definition) is 1. The second-order valence-electron chi connectivity index (χ2n) is 3.54. The summed E-state index contributed by atoms with van der Waals surface area (Å²) in [6.07, 6.45) is 6.53. The average Bonchev–Trinajstić information content (AvgIpc) is 2.58. The number of hydrogen-bond acceptors (Lipinski definition) is 3. The highest BCUT2D eigenvalue weighted by Gasteiger charge is 1.97. The monoisotopic (exact) mass is 196 g/mol. The van der Waals surface area contributed by atoms with Crippen molar-refractivity contribution in [2.45, 2.75) is 32.6 Å². The molecule has 14 heavy (non-hydrogen) atoms. The van der Waals surface area contributed by atoms with Crippen LogP contribution in [0.25, 0.3) is 0 Å². The van der Waals surface area contributed by atoms with Crippen LogP contribution in [0.15, 0.2) is 6.33 Å². The predicted molar refractivity (Wildman–Crippen MR) is 57.1 cm³/mol. The number of nitrogens with one attached hydrogen (secondary N) is 1. The van der Waals surface area contributed by atoms with Gasteiger partial charge in [0.25, 0.3) is 0 Å². The third-order valence-corrected chi connectivity index (χ3v) is 2.13. The summed E-state index contributed by atoms with van der Waals surface area (Å²) in [5.41, 5.74) is 0. The first-order valence-corrected chi connectivity index (χ1v) is 5.38. The molecule has 0 fully saturated rings. The van der Waals surface area contributed by atoms with E-state index in [1.807, 2.05) is 7.05 Å². The lowest BCUT2D eigenvalue weighted by Crippen LogP contribution is -2.18. The van der Waals surface area contributed by atoms with Crippen molar-refractivity contribution in [3.8, 4) is 0 Å². The Kier molecular flexibility index (Phi) is 5.22. The maximum atomic E-state index is 4.21. The maximum absolute atomic E-state index is 4.21. The van der Waals surface area contributed by atoms with Gasteiger partial charge in [0.1, 0.15) is 6.33 Å². The second kappa shape index (κ2) is 6.54. The summed E-state index contributed by atoms with van der Waals surface area (Å²) in [6, 6.07) is 0. The van der Waals surface area contributed by atoms with Crippen LogP contribution in [-0.4, -0.2) is 27.9 Å². The van der Waals surface area contributed by atoms with Crippen LogP contribution in [0, 0.1) is 0 Å². The highest BCUT2D eigenvalue weighted by molar-refractivity contribution is 4.81. The molecular formula is C10H20N4. The van der Waals surface area contributed by atoms with Gasteiger partial charge in [-0.25, -0.2) is 4.98 Å². The largest absolute Gasteiger partial charge is 0.316 e. The minimum Gasteiger partial charge on any atom is -0.316 e. The number of aryl methyl sites for hydroxylation is 1. The van der Waals surface area contributed by atoms with Crippen molar-refractivity contribution in [3.63, 3.8) is 0 Å². The summed E-state index contributed by atoms with van der Waals surface area (Å²) in [7, 11) is 1.89. The molecule has 0 atom stereocenters. The highest BCUT2D eigenvalue weighted by Crippen LogP contribution is 1.92. The van der Waals surface area contributed by atoms with Gasteiger partial charge in [0.05, 0.1) is 0 Å². The van der Waals surface area contributed by atoms with Gasteiger partial charge in [-0.1, -0.05) is 19.8 Å². The molecule has 0 spiro atoms. The van der Waals surface area contributed by atoms with Gasteiger partial charge in [-0.05, 0) is 13.0 Å². The molecule has 0 amide bonds. The third-order valence-electron chi connectivity index (χ3n) is 2.13. The fraction of sp³-hybridized carbons (Fsp3) is 0.800. The topological polar surface area (TPSA) is 42.7 Å². The number of aromatic nitrogens is 3. The van der Waals surface area contributed by atoms with Crippen LogP contribution in [0.4, 0.5) is 0 Å². The van der Waals surface area contributed by atoms with Crippen LogP contribution in [0.2, 0.25) is 0 Å². The minimum absolute atomic E-state index is 0.924. The van der Waals surface area contributed by atoms with Crippen molar-refractivity contribution in [2.24, 2.45) is 7.05 Å². The molecule has 0 aliphatic heterocycles. The molecule has 1 rings (SSSR count). The van der Waals surface area contributed by atoms with Crippen molar-refractivity contribution in [1.82, 2.24) is 20.1 Å². The summed E-state index contributed by atoms with van der Waals surface area (Å²) in [5, 5.41) is 7.60. The molecule has 4 nitrogen and oxygen atoms in total. The molecular weight excluding hydrogens is 176 g/mol. The van der Waals surface area contributed by atoms with Crippen LogP contribution < -0.4 is 5.32 Å². The smallest absolute Gasteiger partial charge is 0.151 e. The lowest BCUT2D eigenvalue weighted by molar-refractivity contribution is 0.608. The van der Waals surface area contributed by atoms with E-state index in [9.17, 15) is 0 Å². The lowest BCUT2D eigenvalue weighted by atomic mass is 10.2. The van der Waals surface area contributed by atoms with Gasteiger partial charge in [-0.15, -0.1) is 0 Å². The van der Waals surface area contributed by atoms with Gasteiger partial charge in [0.2, 0.25) is 0 Å². The summed E-state index contributed by atoms with van der Waals surface area (Å²) < 4.78 is 1.74. The normalized spacial score (nSPS) is 10.7. The molecule has 0 radical (unpaired) electrons. The standard InChI is InChI=1S/C10H20N4/c1-3-4-5-7-11-8-6-10-12-9-14(2)13-10/h9,11H,3-8H2,1-2H3. The van der Waals surface area contributed by atoms with Crippen LogP contribution in [0.5, 0.6) is 0 Å². The van der Waals surface area contributed by atoms with Crippen LogP contribution in [0.3, 0.4) is 0 Å². The van der Waals surface area contributed by atoms with E-state index in [0.29, 0.717) is 0 Å². The molecule has 0 saturated carbocycles. The molecule has 80 valence electrons. The van der Waals surface area contributed by atoms with Crippen molar-refractivity contribution < 1.29 is 0 Å². The molecule has 0 aliphatic rings. The third kappa shape index (κ3) is 4.37. The Morgan fingerprint density at radius 1 is 1.36 bits per heavy atom. The van der Waals surface area contributed by atoms with Gasteiger partial charge in [0.15, 0.2) is 5.82 Å². The molecule has 0 bridgehead atoms. The van der Waals surface area contributed by atoms with E-state index < -0.39 is 0 Å². The first-order valence-electron chi connectivity index (χ1n) is 5.38. The van der Waals surface area contributed by atoms with Gasteiger partial charge in [-0.2, -0.15) is 5.10 Å². The fourth-order valence-corrected chi connectivity index (χ4v) is 1.32. The van der Waals surface area contributed by atoms with E-state index in [-0.39, 0.29) is 0 Å². The molecule has 1 N–H and O–H groups in total. The van der Waals surface area contributed by atoms with Crippen LogP contribution in [-0.2, 0) is 13.5 Å². The van der Waals surface area contributed by atoms with E-state index in [0.717, 1.165) is 25.3 Å². The van der Waals surface area contributed by atoms with Crippen LogP contribution >= 0.6 is 0 Å². The molecule has 0 aromatic carbocycles. The molecule has 0 unspecified atom stereocenters. The molecule has 4 heteroatoms. The van der Waals surface area contributed by atoms with E-state index in [1.54, 1.807) is 11.0 Å². The van der Waals surface area contributed by atoms with Gasteiger partial charge in [0, 0.05) is 20.0 Å². The van der Waals surface area contributed by atoms with Crippen molar-refractivity contribution in [2.75, 3.05) is 13.1 Å². The molecule has 0 saturated heterocycles. The molecule has 1 heterocycles. The van der Waals surface area contributed by atoms with E-state index in [1.165, 1.54) is 19.3 Å². The van der Waals surface area contributed by atoms with Crippen LogP contribution in [0.1, 0.15) is 32.0 Å². The lowest BCUT2D eigenvalue weighted by Gasteiger charge is -2.01. The van der Waals surface area contributed by atoms with E-state index in [2.05, 4.69) is 22.3 Å². The van der Waals surface area contributed by atoms with Crippen molar-refractivity contribution >= 4 is 0 Å². The first kappa shape index (κ1) is 11.2. The Morgan fingerprint density at radius 2 is 2.21 bits per heavy atom. The number of rotatable bonds is 7. The Hall–Kier alpha value is -0.900. The Labute approximate surface area is 85.7 Å². The fourth-order valence-electron chi connectivity index (χ4n) is 1.32. The minimum atomic E-state index is 0.924. The Balaban J connectivity index is 1.99. The SMILES string of the molecule is CCCCCNCCc1ncn(C)n1. The van der Waals surface area contributed by atoms with Gasteiger partial charge < -0.3 is 5.32 Å². The molecule has 1 aromatic rings. The molecule has 0 aliphatic carbocycles. The number of nitrogens with zero attached hydrogens (tertiary/aromatic N) is 3. The summed E-state index contributed by atoms with van der Waals surface area (Å²) in [4.78, 5) is 4.16. The zero-order valence-electron chi connectivity index (χ0n) is 9.16. The van der Waals surface area contributed by atoms with Gasteiger partial charge in [-0.3, -0.25) is 4.68 Å². The summed E-state index contributed by atoms with van der Waals surface area (Å²) in [6.45, 7) is 4.31. The Bertz CT molecular complexity index is 244. The average molecular weight is 196 g/mol. The Morgan fingerprint density at radius 3 is 2.86 bits per heavy atom. The van der Waals surface area contributed by atoms with Crippen molar-refractivity contribution in [1.29, 1.82) is 0 Å². The first-order chi connectivity index (χ1) is 6.83. The maximum Gasteiger partial charge on any atom is 0.151 e. The number of unbranched alkanes of at least 4 members (excludes halogenated alkanes) is 2. The van der Waals surface area contributed by atoms with E-state index in [4.69, 9.17) is 0 Å². The summed E-state index contributed by atoms with van der Waals surface area (Å²) >= 11 is 0. The predicted octanol–water partition coefficient (Wildman–Crippen LogP) is 1.14. The van der Waals surface area contributed by atoms with Crippen molar-refractivity contribution in [3.05, 3.63) is 12.2 Å². The van der Waals surface area contributed by atoms with E-state index >= 15 is 0 Å². The molecule has 1 aromatic heterocycles. The highest BCUT2D eigenvalue weighted by atomic mass is 15.3. The quantitative estimate of drug-likeness (QED) is 0.665. The zero-order valence-corrected chi connectivity index (χ0v) is 9.16. The second-order valence-corrected chi connectivity index (χ2v) is 3.54. The zero-order chi connectivity index (χ0) is 10.2. The van der Waals surface area contributed by atoms with Gasteiger partial charge >= 0.3 is 0 Å².